The van der Waals surface area contributed by atoms with Crippen molar-refractivity contribution in [3.05, 3.63) is 0 Å². The Bertz CT molecular complexity index is 133. The van der Waals surface area contributed by atoms with E-state index in [2.05, 4.69) is 10.6 Å². The van der Waals surface area contributed by atoms with Crippen LogP contribution < -0.4 is 10.6 Å². The zero-order valence-corrected chi connectivity index (χ0v) is 8.47. The van der Waals surface area contributed by atoms with Crippen molar-refractivity contribution < 1.29 is 0 Å². The molecule has 1 saturated heterocycles. The number of nitrogens with zero attached hydrogens (tertiary/aromatic N) is 1. The van der Waals surface area contributed by atoms with Gasteiger partial charge in [-0.1, -0.05) is 25.7 Å². The highest BCUT2D eigenvalue weighted by Crippen LogP contribution is 2.18. The summed E-state index contributed by atoms with van der Waals surface area (Å²) in [5, 5.41) is 8.16. The molecule has 1 heterocycles. The van der Waals surface area contributed by atoms with Gasteiger partial charge < -0.3 is 5.32 Å². The van der Waals surface area contributed by atoms with Gasteiger partial charge in [0.2, 0.25) is 0 Å². The van der Waals surface area contributed by atoms with Crippen LogP contribution in [0.25, 0.3) is 0 Å². The summed E-state index contributed by atoms with van der Waals surface area (Å²) in [7, 11) is 0. The number of rotatable bonds is 2. The van der Waals surface area contributed by atoms with Gasteiger partial charge in [-0.05, 0) is 19.3 Å². The van der Waals surface area contributed by atoms with Crippen molar-refractivity contribution in [2.45, 2.75) is 57.0 Å². The molecule has 2 nitrogen and oxygen atoms in total. The fraction of sp³-hybridized carbons (Fsp3) is 1.00. The topological polar surface area (TPSA) is 26.1 Å². The summed E-state index contributed by atoms with van der Waals surface area (Å²) in [5.74, 6) is 0. The van der Waals surface area contributed by atoms with Crippen molar-refractivity contribution in [2.75, 3.05) is 13.1 Å². The van der Waals surface area contributed by atoms with E-state index in [1.54, 1.807) is 0 Å². The Balaban J connectivity index is 1.71. The van der Waals surface area contributed by atoms with Gasteiger partial charge in [-0.2, -0.15) is 0 Å². The maximum Gasteiger partial charge on any atom is 0.0288 e. The van der Waals surface area contributed by atoms with Crippen LogP contribution in [0.5, 0.6) is 0 Å². The van der Waals surface area contributed by atoms with E-state index in [-0.39, 0.29) is 0 Å². The molecule has 2 aliphatic rings. The summed E-state index contributed by atoms with van der Waals surface area (Å²) in [5.41, 5.74) is 0. The first kappa shape index (κ1) is 9.47. The molecule has 1 N–H and O–H groups in total. The van der Waals surface area contributed by atoms with Crippen molar-refractivity contribution in [1.29, 1.82) is 0 Å². The molecule has 0 aromatic carbocycles. The second kappa shape index (κ2) is 4.97. The van der Waals surface area contributed by atoms with Gasteiger partial charge in [0, 0.05) is 25.2 Å². The Morgan fingerprint density at radius 2 is 1.62 bits per heavy atom. The Morgan fingerprint density at radius 1 is 0.846 bits per heavy atom. The van der Waals surface area contributed by atoms with E-state index < -0.39 is 0 Å². The Labute approximate surface area is 81.5 Å². The quantitative estimate of drug-likeness (QED) is 0.644. The summed E-state index contributed by atoms with van der Waals surface area (Å²) >= 11 is 0. The van der Waals surface area contributed by atoms with E-state index in [1.807, 2.05) is 0 Å². The fourth-order valence-electron chi connectivity index (χ4n) is 2.50. The van der Waals surface area contributed by atoms with Gasteiger partial charge >= 0.3 is 0 Å². The number of hydrogen-bond donors (Lipinski definition) is 1. The second-order valence-electron chi connectivity index (χ2n) is 4.47. The molecule has 2 heteroatoms. The molecule has 2 rings (SSSR count). The first-order chi connectivity index (χ1) is 6.45. The molecule has 1 atom stereocenters. The van der Waals surface area contributed by atoms with Crippen LogP contribution in [0, 0.1) is 0 Å². The SMILES string of the molecule is C1CCCC(NC2CC[N]C2)CC1. The van der Waals surface area contributed by atoms with Gasteiger partial charge in [0.25, 0.3) is 0 Å². The molecular weight excluding hydrogens is 160 g/mol. The van der Waals surface area contributed by atoms with Crippen molar-refractivity contribution in [1.82, 2.24) is 10.6 Å². The molecule has 1 unspecified atom stereocenters. The minimum Gasteiger partial charge on any atom is -0.310 e. The van der Waals surface area contributed by atoms with Gasteiger partial charge in [-0.25, -0.2) is 5.32 Å². The molecule has 0 aromatic heterocycles. The molecule has 13 heavy (non-hydrogen) atoms. The maximum atomic E-state index is 4.39. The highest BCUT2D eigenvalue weighted by atomic mass is 15.0. The minimum atomic E-state index is 0.711. The van der Waals surface area contributed by atoms with Crippen LogP contribution >= 0.6 is 0 Å². The average Bonchev–Trinajstić information content (AvgIpc) is 2.49. The fourth-order valence-corrected chi connectivity index (χ4v) is 2.50. The first-order valence-corrected chi connectivity index (χ1v) is 5.84. The molecule has 0 amide bonds. The van der Waals surface area contributed by atoms with Crippen molar-refractivity contribution in [3.63, 3.8) is 0 Å². The second-order valence-corrected chi connectivity index (χ2v) is 4.47. The van der Waals surface area contributed by atoms with E-state index in [4.69, 9.17) is 0 Å². The Kier molecular flexibility index (Phi) is 3.62. The van der Waals surface area contributed by atoms with Crippen LogP contribution in [0.2, 0.25) is 0 Å². The van der Waals surface area contributed by atoms with Crippen molar-refractivity contribution >= 4 is 0 Å². The minimum absolute atomic E-state index is 0.711. The number of hydrogen-bond acceptors (Lipinski definition) is 1. The summed E-state index contributed by atoms with van der Waals surface area (Å²) in [6.45, 7) is 2.15. The normalized spacial score (nSPS) is 31.8. The Hall–Kier alpha value is -0.0800. The Morgan fingerprint density at radius 3 is 2.23 bits per heavy atom. The maximum absolute atomic E-state index is 4.39. The molecule has 0 spiro atoms. The molecule has 0 bridgehead atoms. The zero-order valence-electron chi connectivity index (χ0n) is 8.47. The van der Waals surface area contributed by atoms with Gasteiger partial charge in [0.1, 0.15) is 0 Å². The molecule has 1 radical (unpaired) electrons. The highest BCUT2D eigenvalue weighted by Gasteiger charge is 2.19. The van der Waals surface area contributed by atoms with E-state index in [0.717, 1.165) is 19.1 Å². The van der Waals surface area contributed by atoms with Gasteiger partial charge in [-0.15, -0.1) is 0 Å². The monoisotopic (exact) mass is 181 g/mol. The third kappa shape index (κ3) is 2.96. The third-order valence-corrected chi connectivity index (χ3v) is 3.31. The lowest BCUT2D eigenvalue weighted by Crippen LogP contribution is -2.38. The van der Waals surface area contributed by atoms with E-state index >= 15 is 0 Å². The van der Waals surface area contributed by atoms with E-state index in [1.165, 1.54) is 44.9 Å². The number of nitrogens with one attached hydrogen (secondary N) is 1. The van der Waals surface area contributed by atoms with Crippen LogP contribution in [-0.2, 0) is 0 Å². The van der Waals surface area contributed by atoms with Crippen LogP contribution in [0.3, 0.4) is 0 Å². The van der Waals surface area contributed by atoms with E-state index in [9.17, 15) is 0 Å². The standard InChI is InChI=1S/C11H21N2/c1-2-4-6-10(5-3-1)13-11-7-8-12-9-11/h10-11,13H,1-9H2. The predicted octanol–water partition coefficient (Wildman–Crippen LogP) is 1.68. The largest absolute Gasteiger partial charge is 0.310 e. The van der Waals surface area contributed by atoms with Crippen LogP contribution in [0.1, 0.15) is 44.9 Å². The van der Waals surface area contributed by atoms with Gasteiger partial charge in [0.15, 0.2) is 0 Å². The summed E-state index contributed by atoms with van der Waals surface area (Å²) in [6.07, 6.45) is 9.84. The third-order valence-electron chi connectivity index (χ3n) is 3.31. The van der Waals surface area contributed by atoms with Crippen LogP contribution in [0.15, 0.2) is 0 Å². The lowest BCUT2D eigenvalue weighted by molar-refractivity contribution is 0.406. The lowest BCUT2D eigenvalue weighted by atomic mass is 10.1. The molecule has 75 valence electrons. The molecule has 2 fully saturated rings. The summed E-state index contributed by atoms with van der Waals surface area (Å²) in [6, 6.07) is 1.52. The van der Waals surface area contributed by atoms with Gasteiger partial charge in [-0.3, -0.25) is 0 Å². The molecule has 1 aliphatic carbocycles. The zero-order chi connectivity index (χ0) is 8.93. The van der Waals surface area contributed by atoms with E-state index in [0.29, 0.717) is 6.04 Å². The molecule has 1 aliphatic heterocycles. The molecule has 0 aromatic rings. The summed E-state index contributed by atoms with van der Waals surface area (Å²) in [4.78, 5) is 0. The van der Waals surface area contributed by atoms with Gasteiger partial charge in [0.05, 0.1) is 0 Å². The highest BCUT2D eigenvalue weighted by molar-refractivity contribution is 4.81. The van der Waals surface area contributed by atoms with Crippen LogP contribution in [0.4, 0.5) is 0 Å². The summed E-state index contributed by atoms with van der Waals surface area (Å²) < 4.78 is 0. The van der Waals surface area contributed by atoms with Crippen LogP contribution in [-0.4, -0.2) is 25.2 Å². The van der Waals surface area contributed by atoms with Crippen molar-refractivity contribution in [2.24, 2.45) is 0 Å². The van der Waals surface area contributed by atoms with Crippen molar-refractivity contribution in [3.8, 4) is 0 Å². The average molecular weight is 181 g/mol. The first-order valence-electron chi connectivity index (χ1n) is 5.84. The lowest BCUT2D eigenvalue weighted by Gasteiger charge is -2.20. The molecular formula is C11H21N2. The smallest absolute Gasteiger partial charge is 0.0288 e. The molecule has 1 saturated carbocycles. The predicted molar refractivity (Wildman–Crippen MR) is 54.9 cm³/mol.